The van der Waals surface area contributed by atoms with Gasteiger partial charge in [0.2, 0.25) is 0 Å². The van der Waals surface area contributed by atoms with E-state index in [0.717, 1.165) is 17.9 Å². The Hall–Kier alpha value is -0.720. The summed E-state index contributed by atoms with van der Waals surface area (Å²) in [7, 11) is 2.30. The largest absolute Gasteiger partial charge is 0.374 e. The molecule has 0 aromatic carbocycles. The lowest BCUT2D eigenvalue weighted by Crippen LogP contribution is -2.31. The molecule has 3 rings (SSSR count). The van der Waals surface area contributed by atoms with Crippen LogP contribution in [-0.4, -0.2) is 18.0 Å². The van der Waals surface area contributed by atoms with E-state index in [1.165, 1.54) is 32.1 Å². The zero-order valence-corrected chi connectivity index (χ0v) is 8.95. The summed E-state index contributed by atoms with van der Waals surface area (Å²) < 4.78 is 0. The number of hydrogen-bond donors (Lipinski definition) is 0. The van der Waals surface area contributed by atoms with Crippen molar-refractivity contribution in [1.82, 2.24) is 4.90 Å². The summed E-state index contributed by atoms with van der Waals surface area (Å²) in [4.78, 5) is 2.57. The van der Waals surface area contributed by atoms with Gasteiger partial charge in [-0.1, -0.05) is 25.0 Å². The molecule has 1 saturated heterocycles. The third-order valence-corrected chi connectivity index (χ3v) is 4.38. The molecule has 0 radical (unpaired) electrons. The van der Waals surface area contributed by atoms with E-state index in [4.69, 9.17) is 0 Å². The Labute approximate surface area is 86.5 Å². The minimum absolute atomic E-state index is 0.857. The van der Waals surface area contributed by atoms with Gasteiger partial charge in [0, 0.05) is 24.7 Å². The molecule has 76 valence electrons. The van der Waals surface area contributed by atoms with E-state index >= 15 is 0 Å². The average molecular weight is 189 g/mol. The van der Waals surface area contributed by atoms with Crippen molar-refractivity contribution < 1.29 is 0 Å². The van der Waals surface area contributed by atoms with Crippen LogP contribution in [0.1, 0.15) is 32.1 Å². The van der Waals surface area contributed by atoms with E-state index < -0.39 is 0 Å². The maximum atomic E-state index is 2.57. The highest BCUT2D eigenvalue weighted by Crippen LogP contribution is 2.47. The summed E-state index contributed by atoms with van der Waals surface area (Å²) in [6, 6.07) is 0.861. The molecule has 0 aromatic heterocycles. The predicted octanol–water partition coefficient (Wildman–Crippen LogP) is 2.95. The van der Waals surface area contributed by atoms with Gasteiger partial charge >= 0.3 is 0 Å². The van der Waals surface area contributed by atoms with Crippen molar-refractivity contribution in [1.29, 1.82) is 0 Å². The molecule has 2 aliphatic carbocycles. The number of hydrogen-bond acceptors (Lipinski definition) is 1. The lowest BCUT2D eigenvalue weighted by atomic mass is 9.77. The zero-order chi connectivity index (χ0) is 9.54. The van der Waals surface area contributed by atoms with Crippen molar-refractivity contribution in [3.8, 4) is 0 Å². The molecule has 1 saturated carbocycles. The normalized spacial score (nSPS) is 40.5. The molecule has 1 heterocycles. The Kier molecular flexibility index (Phi) is 1.93. The summed E-state index contributed by atoms with van der Waals surface area (Å²) in [6.45, 7) is 0. The van der Waals surface area contributed by atoms with E-state index in [1.807, 2.05) is 0 Å². The Morgan fingerprint density at radius 1 is 1.29 bits per heavy atom. The van der Waals surface area contributed by atoms with Crippen molar-refractivity contribution in [3.05, 3.63) is 23.9 Å². The lowest BCUT2D eigenvalue weighted by molar-refractivity contribution is 0.212. The van der Waals surface area contributed by atoms with Gasteiger partial charge < -0.3 is 4.90 Å². The fraction of sp³-hybridized carbons (Fsp3) is 0.692. The van der Waals surface area contributed by atoms with Crippen LogP contribution >= 0.6 is 0 Å². The van der Waals surface area contributed by atoms with Gasteiger partial charge in [-0.25, -0.2) is 0 Å². The monoisotopic (exact) mass is 189 g/mol. The van der Waals surface area contributed by atoms with Gasteiger partial charge in [-0.3, -0.25) is 0 Å². The molecule has 1 nitrogen and oxygen atoms in total. The van der Waals surface area contributed by atoms with Gasteiger partial charge in [-0.2, -0.15) is 0 Å². The van der Waals surface area contributed by atoms with Crippen molar-refractivity contribution in [2.24, 2.45) is 11.8 Å². The van der Waals surface area contributed by atoms with E-state index in [9.17, 15) is 0 Å². The highest BCUT2D eigenvalue weighted by molar-refractivity contribution is 5.26. The summed E-state index contributed by atoms with van der Waals surface area (Å²) in [6.07, 6.45) is 14.0. The fourth-order valence-electron chi connectivity index (χ4n) is 3.69. The highest BCUT2D eigenvalue weighted by atomic mass is 15.2. The SMILES string of the molecule is CN1C2=CC=CCC2C2CCCCC21. The lowest BCUT2D eigenvalue weighted by Gasteiger charge is -2.30. The number of fused-ring (bicyclic) bond motifs is 3. The van der Waals surface area contributed by atoms with Crippen LogP contribution in [-0.2, 0) is 0 Å². The first-order valence-electron chi connectivity index (χ1n) is 5.97. The van der Waals surface area contributed by atoms with Crippen LogP contribution in [0.25, 0.3) is 0 Å². The maximum Gasteiger partial charge on any atom is 0.0318 e. The first-order chi connectivity index (χ1) is 6.88. The van der Waals surface area contributed by atoms with Crippen LogP contribution in [0.5, 0.6) is 0 Å². The van der Waals surface area contributed by atoms with Crippen molar-refractivity contribution >= 4 is 0 Å². The molecular formula is C13H19N. The summed E-state index contributed by atoms with van der Waals surface area (Å²) in [5.41, 5.74) is 1.62. The van der Waals surface area contributed by atoms with E-state index in [1.54, 1.807) is 5.70 Å². The van der Waals surface area contributed by atoms with Gasteiger partial charge in [-0.15, -0.1) is 0 Å². The Balaban J connectivity index is 1.93. The van der Waals surface area contributed by atoms with Gasteiger partial charge in [0.05, 0.1) is 0 Å². The zero-order valence-electron chi connectivity index (χ0n) is 8.95. The molecule has 0 aromatic rings. The van der Waals surface area contributed by atoms with Gasteiger partial charge in [0.1, 0.15) is 0 Å². The number of allylic oxidation sites excluding steroid dienone is 4. The molecule has 14 heavy (non-hydrogen) atoms. The first kappa shape index (κ1) is 8.58. The Morgan fingerprint density at radius 3 is 3.07 bits per heavy atom. The Bertz CT molecular complexity index is 290. The molecule has 0 amide bonds. The van der Waals surface area contributed by atoms with Gasteiger partial charge in [0.15, 0.2) is 0 Å². The minimum Gasteiger partial charge on any atom is -0.374 e. The summed E-state index contributed by atoms with van der Waals surface area (Å²) in [5, 5.41) is 0. The van der Waals surface area contributed by atoms with Crippen LogP contribution in [0, 0.1) is 11.8 Å². The van der Waals surface area contributed by atoms with Crippen LogP contribution in [0.3, 0.4) is 0 Å². The molecule has 0 N–H and O–H groups in total. The first-order valence-corrected chi connectivity index (χ1v) is 5.97. The molecule has 2 fully saturated rings. The minimum atomic E-state index is 0.857. The maximum absolute atomic E-state index is 2.57. The third-order valence-electron chi connectivity index (χ3n) is 4.38. The predicted molar refractivity (Wildman–Crippen MR) is 58.8 cm³/mol. The molecule has 1 heteroatoms. The smallest absolute Gasteiger partial charge is 0.0318 e. The standard InChI is InChI=1S/C13H19N/c1-14-12-8-4-2-6-10(12)11-7-3-5-9-13(11)14/h2,4,8,10-11,13H,3,5-7,9H2,1H3. The van der Waals surface area contributed by atoms with Crippen molar-refractivity contribution in [3.63, 3.8) is 0 Å². The molecule has 3 atom stereocenters. The number of rotatable bonds is 0. The van der Waals surface area contributed by atoms with Crippen LogP contribution < -0.4 is 0 Å². The molecule has 0 spiro atoms. The summed E-state index contributed by atoms with van der Waals surface area (Å²) in [5.74, 6) is 1.82. The van der Waals surface area contributed by atoms with Crippen LogP contribution in [0.4, 0.5) is 0 Å². The average Bonchev–Trinajstić information content (AvgIpc) is 2.55. The van der Waals surface area contributed by atoms with Gasteiger partial charge in [0.25, 0.3) is 0 Å². The van der Waals surface area contributed by atoms with Crippen molar-refractivity contribution in [2.45, 2.75) is 38.1 Å². The topological polar surface area (TPSA) is 3.24 Å². The molecule has 1 aliphatic heterocycles. The Morgan fingerprint density at radius 2 is 2.14 bits per heavy atom. The second-order valence-corrected chi connectivity index (χ2v) is 4.99. The van der Waals surface area contributed by atoms with Crippen LogP contribution in [0.15, 0.2) is 23.9 Å². The van der Waals surface area contributed by atoms with Crippen molar-refractivity contribution in [2.75, 3.05) is 7.05 Å². The highest BCUT2D eigenvalue weighted by Gasteiger charge is 2.43. The van der Waals surface area contributed by atoms with E-state index in [2.05, 4.69) is 30.2 Å². The van der Waals surface area contributed by atoms with E-state index in [0.29, 0.717) is 0 Å². The van der Waals surface area contributed by atoms with E-state index in [-0.39, 0.29) is 0 Å². The van der Waals surface area contributed by atoms with Gasteiger partial charge in [-0.05, 0) is 31.3 Å². The second kappa shape index (κ2) is 3.15. The van der Waals surface area contributed by atoms with Crippen LogP contribution in [0.2, 0.25) is 0 Å². The second-order valence-electron chi connectivity index (χ2n) is 4.99. The molecule has 3 unspecified atom stereocenters. The number of likely N-dealkylation sites (tertiary alicyclic amines) is 1. The molecule has 0 bridgehead atoms. The summed E-state index contributed by atoms with van der Waals surface area (Å²) >= 11 is 0. The molecule has 3 aliphatic rings. The number of nitrogens with zero attached hydrogens (tertiary/aromatic N) is 1. The fourth-order valence-corrected chi connectivity index (χ4v) is 3.69. The quantitative estimate of drug-likeness (QED) is 0.566. The third kappa shape index (κ3) is 1.08. The molecular weight excluding hydrogens is 170 g/mol.